The number of rotatable bonds is 6. The molecule has 0 atom stereocenters. The second kappa shape index (κ2) is 8.53. The van der Waals surface area contributed by atoms with E-state index in [1.807, 2.05) is 0 Å². The molecule has 3 rings (SSSR count). The highest BCUT2D eigenvalue weighted by molar-refractivity contribution is 7.15. The Morgan fingerprint density at radius 1 is 1.14 bits per heavy atom. The van der Waals surface area contributed by atoms with Crippen molar-refractivity contribution < 1.29 is 22.7 Å². The third-order valence-corrected chi connectivity index (χ3v) is 4.85. The lowest BCUT2D eigenvalue weighted by molar-refractivity contribution is -0.137. The maximum Gasteiger partial charge on any atom is 0.416 e. The summed E-state index contributed by atoms with van der Waals surface area (Å²) in [6, 6.07) is 12.2. The zero-order chi connectivity index (χ0) is 20.1. The van der Waals surface area contributed by atoms with Crippen molar-refractivity contribution in [2.45, 2.75) is 19.2 Å². The molecule has 0 aliphatic rings. The fraction of sp³-hybridized carbons (Fsp3) is 0.200. The third-order valence-electron chi connectivity index (χ3n) is 3.93. The van der Waals surface area contributed by atoms with Crippen molar-refractivity contribution in [1.82, 2.24) is 4.98 Å². The summed E-state index contributed by atoms with van der Waals surface area (Å²) in [4.78, 5) is 17.2. The molecule has 0 saturated carbocycles. The van der Waals surface area contributed by atoms with Crippen LogP contribution in [0.2, 0.25) is 0 Å². The lowest BCUT2D eigenvalue weighted by Crippen LogP contribution is -2.11. The van der Waals surface area contributed by atoms with Crippen molar-refractivity contribution in [3.8, 4) is 0 Å². The largest absolute Gasteiger partial charge is 0.416 e. The number of methoxy groups -OCH3 is 1. The molecule has 0 bridgehead atoms. The smallest absolute Gasteiger partial charge is 0.380 e. The van der Waals surface area contributed by atoms with Gasteiger partial charge < -0.3 is 4.74 Å². The van der Waals surface area contributed by atoms with Gasteiger partial charge in [0, 0.05) is 30.2 Å². The molecule has 0 unspecified atom stereocenters. The molecule has 1 amide bonds. The monoisotopic (exact) mass is 406 g/mol. The number of alkyl halides is 3. The number of carbonyl (C=O) groups excluding carboxylic acids is 1. The van der Waals surface area contributed by atoms with E-state index in [4.69, 9.17) is 4.74 Å². The van der Waals surface area contributed by atoms with E-state index in [1.54, 1.807) is 43.6 Å². The normalized spacial score (nSPS) is 11.4. The summed E-state index contributed by atoms with van der Waals surface area (Å²) in [5.74, 6) is -0.302. The number of halogens is 3. The summed E-state index contributed by atoms with van der Waals surface area (Å²) >= 11 is 1.23. The van der Waals surface area contributed by atoms with E-state index in [9.17, 15) is 18.0 Å². The molecule has 1 heterocycles. The molecule has 146 valence electrons. The molecule has 0 spiro atoms. The molecule has 0 fully saturated rings. The second-order valence-electron chi connectivity index (χ2n) is 6.09. The predicted octanol–water partition coefficient (Wildman–Crippen LogP) is 5.15. The van der Waals surface area contributed by atoms with Crippen LogP contribution in [0.25, 0.3) is 0 Å². The number of aromatic nitrogens is 1. The Balaban J connectivity index is 1.65. The van der Waals surface area contributed by atoms with Gasteiger partial charge in [0.05, 0.1) is 12.2 Å². The SMILES string of the molecule is COCc1ccc(C(=O)Nc2ncc(Cc3cccc(C(F)(F)F)c3)s2)cc1. The third kappa shape index (κ3) is 5.17. The summed E-state index contributed by atoms with van der Waals surface area (Å²) in [5, 5.41) is 3.10. The lowest BCUT2D eigenvalue weighted by atomic mass is 10.1. The number of hydrogen-bond donors (Lipinski definition) is 1. The van der Waals surface area contributed by atoms with Crippen LogP contribution in [0.1, 0.15) is 31.9 Å². The highest BCUT2D eigenvalue weighted by atomic mass is 32.1. The lowest BCUT2D eigenvalue weighted by Gasteiger charge is -2.07. The van der Waals surface area contributed by atoms with Crippen molar-refractivity contribution in [1.29, 1.82) is 0 Å². The number of benzene rings is 2. The average molecular weight is 406 g/mol. The number of nitrogens with one attached hydrogen (secondary N) is 1. The Kier molecular flexibility index (Phi) is 6.11. The highest BCUT2D eigenvalue weighted by Crippen LogP contribution is 2.30. The van der Waals surface area contributed by atoms with Crippen LogP contribution >= 0.6 is 11.3 Å². The van der Waals surface area contributed by atoms with Gasteiger partial charge in [-0.3, -0.25) is 10.1 Å². The van der Waals surface area contributed by atoms with Gasteiger partial charge in [0.1, 0.15) is 0 Å². The van der Waals surface area contributed by atoms with Gasteiger partial charge in [-0.25, -0.2) is 4.98 Å². The van der Waals surface area contributed by atoms with Crippen molar-refractivity contribution in [2.24, 2.45) is 0 Å². The van der Waals surface area contributed by atoms with Crippen molar-refractivity contribution >= 4 is 22.4 Å². The van der Waals surface area contributed by atoms with Crippen LogP contribution in [0.3, 0.4) is 0 Å². The van der Waals surface area contributed by atoms with Gasteiger partial charge in [0.2, 0.25) is 0 Å². The topological polar surface area (TPSA) is 51.2 Å². The minimum absolute atomic E-state index is 0.302. The Hall–Kier alpha value is -2.71. The van der Waals surface area contributed by atoms with E-state index in [0.717, 1.165) is 22.6 Å². The fourth-order valence-electron chi connectivity index (χ4n) is 2.59. The summed E-state index contributed by atoms with van der Waals surface area (Å²) in [6.07, 6.45) is -2.51. The van der Waals surface area contributed by atoms with Crippen LogP contribution in [0.4, 0.5) is 18.3 Å². The number of amides is 1. The first-order valence-corrected chi connectivity index (χ1v) is 9.17. The van der Waals surface area contributed by atoms with Crippen LogP contribution in [0.15, 0.2) is 54.7 Å². The Bertz CT molecular complexity index is 953. The molecule has 1 aromatic heterocycles. The molecule has 0 aliphatic carbocycles. The zero-order valence-corrected chi connectivity index (χ0v) is 15.7. The highest BCUT2D eigenvalue weighted by Gasteiger charge is 2.30. The van der Waals surface area contributed by atoms with E-state index < -0.39 is 11.7 Å². The maximum atomic E-state index is 12.8. The van der Waals surface area contributed by atoms with E-state index in [1.165, 1.54) is 17.4 Å². The maximum absolute atomic E-state index is 12.8. The standard InChI is InChI=1S/C20H17F3N2O2S/c1-27-12-13-5-7-15(8-6-13)18(26)25-19-24-11-17(28-19)10-14-3-2-4-16(9-14)20(21,22)23/h2-9,11H,10,12H2,1H3,(H,24,25,26). The molecule has 8 heteroatoms. The molecule has 28 heavy (non-hydrogen) atoms. The summed E-state index contributed by atoms with van der Waals surface area (Å²) in [7, 11) is 1.60. The van der Waals surface area contributed by atoms with Gasteiger partial charge in [-0.15, -0.1) is 11.3 Å². The number of carbonyl (C=O) groups is 1. The quantitative estimate of drug-likeness (QED) is 0.616. The molecule has 2 aromatic carbocycles. The van der Waals surface area contributed by atoms with Gasteiger partial charge in [-0.2, -0.15) is 13.2 Å². The summed E-state index contributed by atoms with van der Waals surface area (Å²) in [5.41, 5.74) is 1.29. The van der Waals surface area contributed by atoms with Crippen LogP contribution in [0, 0.1) is 0 Å². The Morgan fingerprint density at radius 2 is 1.89 bits per heavy atom. The van der Waals surface area contributed by atoms with Crippen LogP contribution < -0.4 is 5.32 Å². The molecular formula is C20H17F3N2O2S. The fourth-order valence-corrected chi connectivity index (χ4v) is 3.44. The first-order chi connectivity index (χ1) is 13.3. The summed E-state index contributed by atoms with van der Waals surface area (Å²) < 4.78 is 43.5. The summed E-state index contributed by atoms with van der Waals surface area (Å²) in [6.45, 7) is 0.466. The van der Waals surface area contributed by atoms with Gasteiger partial charge in [-0.05, 0) is 29.3 Å². The van der Waals surface area contributed by atoms with Gasteiger partial charge in [0.25, 0.3) is 5.91 Å². The number of thiazole rings is 1. The van der Waals surface area contributed by atoms with Crippen molar-refractivity contribution in [3.63, 3.8) is 0 Å². The minimum atomic E-state index is -4.37. The second-order valence-corrected chi connectivity index (χ2v) is 7.21. The van der Waals surface area contributed by atoms with Crippen LogP contribution in [-0.4, -0.2) is 18.0 Å². The molecule has 0 radical (unpaired) electrons. The molecule has 4 nitrogen and oxygen atoms in total. The van der Waals surface area contributed by atoms with Gasteiger partial charge in [-0.1, -0.05) is 30.3 Å². The van der Waals surface area contributed by atoms with Crippen molar-refractivity contribution in [2.75, 3.05) is 12.4 Å². The van der Waals surface area contributed by atoms with E-state index >= 15 is 0 Å². The molecule has 0 saturated heterocycles. The Morgan fingerprint density at radius 3 is 2.57 bits per heavy atom. The number of nitrogens with zero attached hydrogens (tertiary/aromatic N) is 1. The molecule has 3 aromatic rings. The van der Waals surface area contributed by atoms with Crippen LogP contribution in [-0.2, 0) is 23.9 Å². The zero-order valence-electron chi connectivity index (χ0n) is 14.9. The van der Waals surface area contributed by atoms with Gasteiger partial charge >= 0.3 is 6.18 Å². The van der Waals surface area contributed by atoms with Crippen molar-refractivity contribution in [3.05, 3.63) is 81.9 Å². The predicted molar refractivity (Wildman–Crippen MR) is 101 cm³/mol. The van der Waals surface area contributed by atoms with E-state index in [-0.39, 0.29) is 5.91 Å². The minimum Gasteiger partial charge on any atom is -0.380 e. The van der Waals surface area contributed by atoms with E-state index in [2.05, 4.69) is 10.3 Å². The van der Waals surface area contributed by atoms with Crippen LogP contribution in [0.5, 0.6) is 0 Å². The number of hydrogen-bond acceptors (Lipinski definition) is 4. The average Bonchev–Trinajstić information content (AvgIpc) is 3.09. The molecule has 0 aliphatic heterocycles. The first kappa shape index (κ1) is 20.0. The first-order valence-electron chi connectivity index (χ1n) is 8.35. The Labute approximate surface area is 164 Å². The molecular weight excluding hydrogens is 389 g/mol. The molecule has 1 N–H and O–H groups in total. The number of ether oxygens (including phenoxy) is 1. The number of anilines is 1. The van der Waals surface area contributed by atoms with Gasteiger partial charge in [0.15, 0.2) is 5.13 Å². The van der Waals surface area contributed by atoms with E-state index in [0.29, 0.717) is 29.3 Å².